The fraction of sp³-hybridized carbons (Fsp3) is 0.462. The lowest BCUT2D eigenvalue weighted by Crippen LogP contribution is -2.29. The number of methoxy groups -OCH3 is 2. The Hall–Kier alpha value is -1.63. The van der Waals surface area contributed by atoms with Gasteiger partial charge in [-0.2, -0.15) is 0 Å². The van der Waals surface area contributed by atoms with Gasteiger partial charge in [0, 0.05) is 12.1 Å². The minimum atomic E-state index is -1.10. The molecule has 6 heteroatoms. The number of hydrogen-bond acceptors (Lipinski definition) is 6. The average molecular weight is 269 g/mol. The monoisotopic (exact) mass is 269 g/mol. The average Bonchev–Trinajstić information content (AvgIpc) is 2.45. The molecule has 0 aliphatic carbocycles. The number of rotatable bonds is 6. The molecule has 3 N–H and O–H groups in total. The number of aliphatic hydroxyl groups is 2. The molecule has 6 nitrogen and oxygen atoms in total. The Labute approximate surface area is 112 Å². The molecule has 0 heterocycles. The number of nitrogens with one attached hydrogen (secondary N) is 1. The highest BCUT2D eigenvalue weighted by molar-refractivity contribution is 5.89. The van der Waals surface area contributed by atoms with E-state index in [4.69, 9.17) is 4.74 Å². The molecule has 0 aromatic heterocycles. The number of ether oxygens (including phenoxy) is 2. The van der Waals surface area contributed by atoms with E-state index in [1.54, 1.807) is 7.05 Å². The first kappa shape index (κ1) is 15.4. The van der Waals surface area contributed by atoms with Crippen molar-refractivity contribution in [2.75, 3.05) is 27.8 Å². The zero-order valence-electron chi connectivity index (χ0n) is 11.2. The Morgan fingerprint density at radius 1 is 1.37 bits per heavy atom. The molecule has 2 atom stereocenters. The fourth-order valence-electron chi connectivity index (χ4n) is 1.73. The van der Waals surface area contributed by atoms with Crippen LogP contribution in [-0.2, 0) is 4.74 Å². The van der Waals surface area contributed by atoms with Crippen molar-refractivity contribution in [3.63, 3.8) is 0 Å². The minimum Gasteiger partial charge on any atom is -0.496 e. The summed E-state index contributed by atoms with van der Waals surface area (Å²) in [6, 6.07) is 4.52. The maximum atomic E-state index is 11.4. The summed E-state index contributed by atoms with van der Waals surface area (Å²) < 4.78 is 9.74. The first-order valence-electron chi connectivity index (χ1n) is 5.82. The summed E-state index contributed by atoms with van der Waals surface area (Å²) in [6.07, 6.45) is -2.07. The Kier molecular flexibility index (Phi) is 5.75. The van der Waals surface area contributed by atoms with Gasteiger partial charge in [0.1, 0.15) is 11.9 Å². The zero-order chi connectivity index (χ0) is 14.4. The largest absolute Gasteiger partial charge is 0.496 e. The van der Waals surface area contributed by atoms with Crippen LogP contribution in [-0.4, -0.2) is 50.1 Å². The Morgan fingerprint density at radius 3 is 2.58 bits per heavy atom. The van der Waals surface area contributed by atoms with Crippen LogP contribution in [0.15, 0.2) is 18.2 Å². The van der Waals surface area contributed by atoms with E-state index >= 15 is 0 Å². The van der Waals surface area contributed by atoms with Crippen LogP contribution in [0.25, 0.3) is 0 Å². The molecule has 1 aromatic rings. The molecule has 1 rings (SSSR count). The van der Waals surface area contributed by atoms with Gasteiger partial charge in [-0.25, -0.2) is 4.79 Å². The van der Waals surface area contributed by atoms with Gasteiger partial charge in [0.2, 0.25) is 0 Å². The predicted octanol–water partition coefficient (Wildman–Crippen LogP) is 0.0955. The molecule has 0 aliphatic heterocycles. The van der Waals surface area contributed by atoms with Crippen LogP contribution in [0.1, 0.15) is 22.0 Å². The smallest absolute Gasteiger partial charge is 0.337 e. The summed E-state index contributed by atoms with van der Waals surface area (Å²) in [5, 5.41) is 22.6. The van der Waals surface area contributed by atoms with Crippen molar-refractivity contribution in [3.05, 3.63) is 29.3 Å². The van der Waals surface area contributed by atoms with E-state index in [1.807, 2.05) is 0 Å². The second-order valence-corrected chi connectivity index (χ2v) is 4.02. The van der Waals surface area contributed by atoms with E-state index in [9.17, 15) is 15.0 Å². The molecular weight excluding hydrogens is 250 g/mol. The normalized spacial score (nSPS) is 13.7. The lowest BCUT2D eigenvalue weighted by Gasteiger charge is -2.20. The van der Waals surface area contributed by atoms with Crippen molar-refractivity contribution >= 4 is 5.97 Å². The molecule has 0 aliphatic rings. The summed E-state index contributed by atoms with van der Waals surface area (Å²) in [5.41, 5.74) is 0.733. The number of carbonyl (C=O) groups excluding carboxylic acids is 1. The molecule has 0 amide bonds. The standard InChI is InChI=1S/C13H19NO5/c1-14-7-10(15)12(16)9-5-4-8(13(17)19-3)6-11(9)18-2/h4-6,10,12,14-16H,7H2,1-3H3. The Bertz CT molecular complexity index is 435. The van der Waals surface area contributed by atoms with E-state index in [-0.39, 0.29) is 6.54 Å². The second kappa shape index (κ2) is 7.08. The number of carbonyl (C=O) groups is 1. The molecular formula is C13H19NO5. The quantitative estimate of drug-likeness (QED) is 0.635. The van der Waals surface area contributed by atoms with Gasteiger partial charge in [-0.05, 0) is 19.2 Å². The van der Waals surface area contributed by atoms with Crippen LogP contribution in [0.3, 0.4) is 0 Å². The molecule has 1 aromatic carbocycles. The summed E-state index contributed by atoms with van der Waals surface area (Å²) in [7, 11) is 4.39. The molecule has 0 spiro atoms. The Balaban J connectivity index is 3.05. The van der Waals surface area contributed by atoms with Crippen LogP contribution in [0, 0.1) is 0 Å². The molecule has 2 unspecified atom stereocenters. The molecule has 0 fully saturated rings. The van der Waals surface area contributed by atoms with Gasteiger partial charge in [0.15, 0.2) is 0 Å². The first-order valence-corrected chi connectivity index (χ1v) is 5.82. The number of esters is 1. The van der Waals surface area contributed by atoms with Crippen molar-refractivity contribution in [1.29, 1.82) is 0 Å². The highest BCUT2D eigenvalue weighted by Gasteiger charge is 2.22. The SMILES string of the molecule is CNCC(O)C(O)c1ccc(C(=O)OC)cc1OC. The van der Waals surface area contributed by atoms with Crippen molar-refractivity contribution in [2.24, 2.45) is 0 Å². The molecule has 0 saturated carbocycles. The van der Waals surface area contributed by atoms with E-state index in [2.05, 4.69) is 10.1 Å². The van der Waals surface area contributed by atoms with Crippen LogP contribution < -0.4 is 10.1 Å². The van der Waals surface area contributed by atoms with Gasteiger partial charge in [-0.1, -0.05) is 6.07 Å². The zero-order valence-corrected chi connectivity index (χ0v) is 11.2. The van der Waals surface area contributed by atoms with Crippen molar-refractivity contribution in [2.45, 2.75) is 12.2 Å². The van der Waals surface area contributed by atoms with Gasteiger partial charge in [0.25, 0.3) is 0 Å². The number of likely N-dealkylation sites (N-methyl/N-ethyl adjacent to an activating group) is 1. The summed E-state index contributed by atoms with van der Waals surface area (Å²) in [6.45, 7) is 0.239. The lowest BCUT2D eigenvalue weighted by atomic mass is 10.0. The molecule has 0 radical (unpaired) electrons. The van der Waals surface area contributed by atoms with Gasteiger partial charge >= 0.3 is 5.97 Å². The van der Waals surface area contributed by atoms with Crippen molar-refractivity contribution < 1.29 is 24.5 Å². The minimum absolute atomic E-state index is 0.239. The van der Waals surface area contributed by atoms with Crippen molar-refractivity contribution in [1.82, 2.24) is 5.32 Å². The van der Waals surface area contributed by atoms with Gasteiger partial charge in [-0.15, -0.1) is 0 Å². The van der Waals surface area contributed by atoms with E-state index in [1.165, 1.54) is 32.4 Å². The maximum absolute atomic E-state index is 11.4. The number of aliphatic hydroxyl groups excluding tert-OH is 2. The van der Waals surface area contributed by atoms with Crippen LogP contribution >= 0.6 is 0 Å². The Morgan fingerprint density at radius 2 is 2.05 bits per heavy atom. The fourth-order valence-corrected chi connectivity index (χ4v) is 1.73. The third-order valence-corrected chi connectivity index (χ3v) is 2.75. The van der Waals surface area contributed by atoms with E-state index in [0.29, 0.717) is 16.9 Å². The lowest BCUT2D eigenvalue weighted by molar-refractivity contribution is 0.0188. The maximum Gasteiger partial charge on any atom is 0.337 e. The predicted molar refractivity (Wildman–Crippen MR) is 69.2 cm³/mol. The van der Waals surface area contributed by atoms with Crippen molar-refractivity contribution in [3.8, 4) is 5.75 Å². The van der Waals surface area contributed by atoms with Crippen LogP contribution in [0.5, 0.6) is 5.75 Å². The van der Waals surface area contributed by atoms with Crippen LogP contribution in [0.2, 0.25) is 0 Å². The van der Waals surface area contributed by atoms with E-state index in [0.717, 1.165) is 0 Å². The third-order valence-electron chi connectivity index (χ3n) is 2.75. The van der Waals surface area contributed by atoms with Gasteiger partial charge < -0.3 is 25.0 Å². The summed E-state index contributed by atoms with van der Waals surface area (Å²) >= 11 is 0. The topological polar surface area (TPSA) is 88.0 Å². The molecule has 0 saturated heterocycles. The molecule has 19 heavy (non-hydrogen) atoms. The molecule has 0 bridgehead atoms. The van der Waals surface area contributed by atoms with E-state index < -0.39 is 18.2 Å². The highest BCUT2D eigenvalue weighted by Crippen LogP contribution is 2.28. The summed E-state index contributed by atoms with van der Waals surface area (Å²) in [4.78, 5) is 11.4. The van der Waals surface area contributed by atoms with Gasteiger partial charge in [-0.3, -0.25) is 0 Å². The first-order chi connectivity index (χ1) is 9.04. The highest BCUT2D eigenvalue weighted by atomic mass is 16.5. The summed E-state index contributed by atoms with van der Waals surface area (Å²) in [5.74, 6) is -0.166. The number of hydrogen-bond donors (Lipinski definition) is 3. The molecule has 106 valence electrons. The second-order valence-electron chi connectivity index (χ2n) is 4.02. The van der Waals surface area contributed by atoms with Gasteiger partial charge in [0.05, 0.1) is 25.9 Å². The number of benzene rings is 1. The van der Waals surface area contributed by atoms with Crippen LogP contribution in [0.4, 0.5) is 0 Å². The third kappa shape index (κ3) is 3.66.